The van der Waals surface area contributed by atoms with E-state index in [1.165, 1.54) is 6.08 Å². The van der Waals surface area contributed by atoms with Gasteiger partial charge in [-0.3, -0.25) is 0 Å². The average molecular weight is 164 g/mol. The van der Waals surface area contributed by atoms with E-state index in [9.17, 15) is 4.39 Å². The van der Waals surface area contributed by atoms with E-state index >= 15 is 0 Å². The molecule has 62 valence electrons. The highest BCUT2D eigenvalue weighted by Crippen LogP contribution is 2.13. The van der Waals surface area contributed by atoms with Crippen LogP contribution in [0.1, 0.15) is 12.8 Å². The lowest BCUT2D eigenvalue weighted by Gasteiger charge is -2.01. The zero-order valence-electron chi connectivity index (χ0n) is 6.57. The van der Waals surface area contributed by atoms with Crippen molar-refractivity contribution in [3.63, 3.8) is 0 Å². The van der Waals surface area contributed by atoms with Crippen molar-refractivity contribution in [1.29, 1.82) is 0 Å². The van der Waals surface area contributed by atoms with E-state index in [-0.39, 0.29) is 0 Å². The fraction of sp³-hybridized carbons (Fsp3) is 0.222. The first kappa shape index (κ1) is 8.62. The summed E-state index contributed by atoms with van der Waals surface area (Å²) in [5.41, 5.74) is 10.1. The molecule has 0 aromatic heterocycles. The molecular formula is C9H9FN2. The fourth-order valence-corrected chi connectivity index (χ4v) is 1.05. The van der Waals surface area contributed by atoms with Gasteiger partial charge in [-0.15, -0.1) is 0 Å². The lowest BCUT2D eigenvalue weighted by Crippen LogP contribution is -2.00. The van der Waals surface area contributed by atoms with E-state index in [0.29, 0.717) is 24.9 Å². The van der Waals surface area contributed by atoms with Gasteiger partial charge in [-0.25, -0.2) is 4.39 Å². The molecule has 0 bridgehead atoms. The minimum Gasteiger partial charge on any atom is -0.361 e. The third-order valence-corrected chi connectivity index (χ3v) is 1.63. The number of rotatable bonds is 2. The number of hydrogen-bond acceptors (Lipinski definition) is 0. The monoisotopic (exact) mass is 164 g/mol. The van der Waals surface area contributed by atoms with Crippen LogP contribution in [0.25, 0.3) is 5.53 Å². The van der Waals surface area contributed by atoms with E-state index in [0.717, 1.165) is 5.57 Å². The first-order chi connectivity index (χ1) is 5.86. The Kier molecular flexibility index (Phi) is 3.17. The second kappa shape index (κ2) is 4.42. The van der Waals surface area contributed by atoms with Crippen molar-refractivity contribution in [2.24, 2.45) is 0 Å². The van der Waals surface area contributed by atoms with Crippen LogP contribution in [-0.4, -0.2) is 10.5 Å². The molecule has 0 fully saturated rings. The summed E-state index contributed by atoms with van der Waals surface area (Å²) in [7, 11) is 0. The summed E-state index contributed by atoms with van der Waals surface area (Å²) in [6.07, 6.45) is 8.53. The third-order valence-electron chi connectivity index (χ3n) is 1.63. The molecule has 0 saturated carbocycles. The van der Waals surface area contributed by atoms with E-state index in [4.69, 9.17) is 5.53 Å². The first-order valence-electron chi connectivity index (χ1n) is 3.69. The Morgan fingerprint density at radius 1 is 1.67 bits per heavy atom. The molecule has 0 spiro atoms. The van der Waals surface area contributed by atoms with Crippen molar-refractivity contribution in [3.8, 4) is 0 Å². The Morgan fingerprint density at radius 2 is 2.50 bits per heavy atom. The van der Waals surface area contributed by atoms with Gasteiger partial charge in [0.1, 0.15) is 0 Å². The Labute approximate surface area is 70.3 Å². The van der Waals surface area contributed by atoms with Gasteiger partial charge in [0.05, 0.1) is 12.8 Å². The Morgan fingerprint density at radius 3 is 3.17 bits per heavy atom. The molecule has 0 heterocycles. The molecule has 0 radical (unpaired) electrons. The maximum atomic E-state index is 11.6. The molecule has 0 unspecified atom stereocenters. The van der Waals surface area contributed by atoms with Crippen LogP contribution in [0.15, 0.2) is 36.2 Å². The summed E-state index contributed by atoms with van der Waals surface area (Å²) >= 11 is 0. The summed E-state index contributed by atoms with van der Waals surface area (Å²) in [4.78, 5) is 3.08. The molecule has 2 nitrogen and oxygen atoms in total. The van der Waals surface area contributed by atoms with Crippen molar-refractivity contribution in [1.82, 2.24) is 0 Å². The average Bonchev–Trinajstić information content (AvgIpc) is 2.15. The van der Waals surface area contributed by atoms with Gasteiger partial charge >= 0.3 is 0 Å². The summed E-state index contributed by atoms with van der Waals surface area (Å²) < 4.78 is 11.6. The molecule has 0 amide bonds. The zero-order chi connectivity index (χ0) is 8.81. The molecular weight excluding hydrogens is 155 g/mol. The quantitative estimate of drug-likeness (QED) is 0.444. The van der Waals surface area contributed by atoms with Crippen LogP contribution in [-0.2, 0) is 0 Å². The zero-order valence-corrected chi connectivity index (χ0v) is 6.57. The topological polar surface area (TPSA) is 36.4 Å². The van der Waals surface area contributed by atoms with Crippen LogP contribution in [0.3, 0.4) is 0 Å². The SMILES string of the molecule is [N-]=[N+]=C1C=CC=C(CC=CF)C1. The van der Waals surface area contributed by atoms with E-state index in [1.54, 1.807) is 12.2 Å². The van der Waals surface area contributed by atoms with Crippen LogP contribution in [0.2, 0.25) is 0 Å². The van der Waals surface area contributed by atoms with Gasteiger partial charge in [-0.1, -0.05) is 23.8 Å². The predicted octanol–water partition coefficient (Wildman–Crippen LogP) is 2.42. The van der Waals surface area contributed by atoms with Gasteiger partial charge in [0.2, 0.25) is 0 Å². The maximum absolute atomic E-state index is 11.6. The highest BCUT2D eigenvalue weighted by atomic mass is 19.1. The molecule has 12 heavy (non-hydrogen) atoms. The number of allylic oxidation sites excluding steroid dienone is 5. The lowest BCUT2D eigenvalue weighted by atomic mass is 10.0. The second-order valence-corrected chi connectivity index (χ2v) is 2.52. The number of halogens is 1. The van der Waals surface area contributed by atoms with Crippen LogP contribution in [0.4, 0.5) is 4.39 Å². The molecule has 0 atom stereocenters. The van der Waals surface area contributed by atoms with E-state index in [2.05, 4.69) is 4.79 Å². The fourth-order valence-electron chi connectivity index (χ4n) is 1.05. The Balaban J connectivity index is 2.63. The van der Waals surface area contributed by atoms with Gasteiger partial charge in [-0.05, 0) is 6.42 Å². The molecule has 0 aromatic rings. The van der Waals surface area contributed by atoms with E-state index < -0.39 is 0 Å². The maximum Gasteiger partial charge on any atom is 0.296 e. The smallest absolute Gasteiger partial charge is 0.296 e. The van der Waals surface area contributed by atoms with Gasteiger partial charge in [-0.2, -0.15) is 4.79 Å². The van der Waals surface area contributed by atoms with Crippen LogP contribution < -0.4 is 0 Å². The minimum absolute atomic E-state index is 0.523. The molecule has 1 aliphatic carbocycles. The molecule has 0 aliphatic heterocycles. The normalized spacial score (nSPS) is 16.4. The van der Waals surface area contributed by atoms with Crippen molar-refractivity contribution in [2.45, 2.75) is 12.8 Å². The van der Waals surface area contributed by atoms with Gasteiger partial charge in [0.25, 0.3) is 5.71 Å². The van der Waals surface area contributed by atoms with Gasteiger partial charge in [0, 0.05) is 6.08 Å². The Hall–Kier alpha value is -1.47. The second-order valence-electron chi connectivity index (χ2n) is 2.52. The first-order valence-corrected chi connectivity index (χ1v) is 3.69. The van der Waals surface area contributed by atoms with Gasteiger partial charge < -0.3 is 5.53 Å². The molecule has 0 N–H and O–H groups in total. The standard InChI is InChI=1S/C9H9FN2/c10-6-2-4-8-3-1-5-9(7-8)12-11/h1-3,5-6H,4,7H2. The summed E-state index contributed by atoms with van der Waals surface area (Å²) in [5.74, 6) is 0. The van der Waals surface area contributed by atoms with Crippen LogP contribution >= 0.6 is 0 Å². The van der Waals surface area contributed by atoms with Crippen molar-refractivity contribution >= 4 is 5.71 Å². The highest BCUT2D eigenvalue weighted by molar-refractivity contribution is 5.93. The summed E-state index contributed by atoms with van der Waals surface area (Å²) in [5, 5.41) is 0. The number of nitrogens with zero attached hydrogens (tertiary/aromatic N) is 2. The minimum atomic E-state index is 0.523. The lowest BCUT2D eigenvalue weighted by molar-refractivity contribution is -0.00562. The highest BCUT2D eigenvalue weighted by Gasteiger charge is 2.09. The van der Waals surface area contributed by atoms with E-state index in [1.807, 2.05) is 6.08 Å². The summed E-state index contributed by atoms with van der Waals surface area (Å²) in [6.45, 7) is 0. The van der Waals surface area contributed by atoms with Crippen LogP contribution in [0.5, 0.6) is 0 Å². The van der Waals surface area contributed by atoms with Crippen molar-refractivity contribution in [2.75, 3.05) is 0 Å². The van der Waals surface area contributed by atoms with Gasteiger partial charge in [0.15, 0.2) is 0 Å². The summed E-state index contributed by atoms with van der Waals surface area (Å²) in [6, 6.07) is 0. The van der Waals surface area contributed by atoms with Crippen molar-refractivity contribution in [3.05, 3.63) is 41.7 Å². The predicted molar refractivity (Wildman–Crippen MR) is 45.3 cm³/mol. The number of hydrogen-bond donors (Lipinski definition) is 0. The Bertz CT molecular complexity index is 294. The molecule has 3 heteroatoms. The van der Waals surface area contributed by atoms with Crippen LogP contribution in [0, 0.1) is 0 Å². The molecule has 1 aliphatic rings. The molecule has 0 aromatic carbocycles. The third kappa shape index (κ3) is 2.29. The molecule has 1 rings (SSSR count). The largest absolute Gasteiger partial charge is 0.361 e. The molecule has 0 saturated heterocycles. The van der Waals surface area contributed by atoms with Crippen molar-refractivity contribution < 1.29 is 9.18 Å².